The van der Waals surface area contributed by atoms with Gasteiger partial charge in [-0.2, -0.15) is 0 Å². The SMILES string of the molecule is C[n+]1ccsc1/N=N/c1ccc(NCCOCCNc2ccc(/N=N/c3scc[n+]3C)cc2)cc1. The second-order valence-corrected chi connectivity index (χ2v) is 9.30. The monoisotopic (exact) mass is 508 g/mol. The minimum absolute atomic E-state index is 0.623. The molecule has 4 aromatic rings. The van der Waals surface area contributed by atoms with Crippen LogP contribution in [0, 0.1) is 0 Å². The van der Waals surface area contributed by atoms with Crippen LogP contribution in [-0.2, 0) is 18.8 Å². The highest BCUT2D eigenvalue weighted by Crippen LogP contribution is 2.21. The van der Waals surface area contributed by atoms with Gasteiger partial charge in [0.1, 0.15) is 23.8 Å². The molecule has 2 aromatic carbocycles. The highest BCUT2D eigenvalue weighted by atomic mass is 32.1. The van der Waals surface area contributed by atoms with Crippen molar-refractivity contribution in [3.8, 4) is 0 Å². The van der Waals surface area contributed by atoms with Crippen LogP contribution in [-0.4, -0.2) is 26.3 Å². The minimum Gasteiger partial charge on any atom is -0.383 e. The molecule has 0 aliphatic rings. The van der Waals surface area contributed by atoms with Gasteiger partial charge in [-0.15, -0.1) is 0 Å². The van der Waals surface area contributed by atoms with Crippen molar-refractivity contribution in [2.45, 2.75) is 0 Å². The van der Waals surface area contributed by atoms with E-state index in [-0.39, 0.29) is 0 Å². The normalized spacial score (nSPS) is 11.5. The maximum absolute atomic E-state index is 5.71. The number of benzene rings is 2. The number of thiazole rings is 2. The average Bonchev–Trinajstić information content (AvgIpc) is 3.49. The van der Waals surface area contributed by atoms with Gasteiger partial charge in [0.05, 0.1) is 37.5 Å². The molecule has 11 heteroatoms. The van der Waals surface area contributed by atoms with Crippen molar-refractivity contribution in [2.24, 2.45) is 34.6 Å². The number of hydrogen-bond donors (Lipinski definition) is 2. The van der Waals surface area contributed by atoms with E-state index < -0.39 is 0 Å². The Kier molecular flexibility index (Phi) is 8.98. The molecule has 0 saturated carbocycles. The zero-order chi connectivity index (χ0) is 24.3. The molecule has 2 N–H and O–H groups in total. The Morgan fingerprint density at radius 2 is 1.09 bits per heavy atom. The number of nitrogens with one attached hydrogen (secondary N) is 2. The number of aryl methyl sites for hydroxylation is 2. The highest BCUT2D eigenvalue weighted by molar-refractivity contribution is 7.13. The largest absolute Gasteiger partial charge is 0.408 e. The molecular weight excluding hydrogens is 480 g/mol. The smallest absolute Gasteiger partial charge is 0.383 e. The van der Waals surface area contributed by atoms with Crippen molar-refractivity contribution in [1.82, 2.24) is 0 Å². The predicted octanol–water partition coefficient (Wildman–Crippen LogP) is 5.83. The fourth-order valence-electron chi connectivity index (χ4n) is 2.98. The molecule has 4 rings (SSSR count). The van der Waals surface area contributed by atoms with E-state index in [9.17, 15) is 0 Å². The molecule has 0 aliphatic heterocycles. The summed E-state index contributed by atoms with van der Waals surface area (Å²) in [5, 5.41) is 29.5. The summed E-state index contributed by atoms with van der Waals surface area (Å²) in [6.45, 7) is 2.70. The maximum Gasteiger partial charge on any atom is 0.408 e. The molecule has 0 bridgehead atoms. The van der Waals surface area contributed by atoms with Crippen LogP contribution >= 0.6 is 22.7 Å². The van der Waals surface area contributed by atoms with Crippen LogP contribution in [0.15, 0.2) is 92.1 Å². The van der Waals surface area contributed by atoms with Crippen molar-refractivity contribution in [1.29, 1.82) is 0 Å². The Labute approximate surface area is 212 Å². The standard InChI is InChI=1S/C24H26N8OS2/c1-31-13-17-34-23(31)29-27-21-7-3-19(4-8-21)25-11-15-33-16-12-26-20-5-9-22(10-6-20)28-30-24-32(2)14-18-35-24/h3-10,13-14,17-18H,11-12,15-16H2,1-2H3/p+2. The van der Waals surface area contributed by atoms with Gasteiger partial charge < -0.3 is 15.4 Å². The average molecular weight is 509 g/mol. The van der Waals surface area contributed by atoms with E-state index in [1.54, 1.807) is 22.7 Å². The maximum atomic E-state index is 5.71. The molecule has 0 aliphatic carbocycles. The summed E-state index contributed by atoms with van der Waals surface area (Å²) < 4.78 is 9.59. The van der Waals surface area contributed by atoms with Gasteiger partial charge in [0.2, 0.25) is 0 Å². The van der Waals surface area contributed by atoms with E-state index in [2.05, 4.69) is 31.1 Å². The van der Waals surface area contributed by atoms with E-state index in [0.29, 0.717) is 13.2 Å². The second kappa shape index (κ2) is 12.8. The zero-order valence-corrected chi connectivity index (χ0v) is 21.3. The molecule has 0 atom stereocenters. The molecule has 35 heavy (non-hydrogen) atoms. The lowest BCUT2D eigenvalue weighted by Crippen LogP contribution is -2.23. The van der Waals surface area contributed by atoms with Crippen LogP contribution in [0.1, 0.15) is 0 Å². The van der Waals surface area contributed by atoms with Crippen molar-refractivity contribution < 1.29 is 13.9 Å². The van der Waals surface area contributed by atoms with Gasteiger partial charge >= 0.3 is 10.3 Å². The van der Waals surface area contributed by atoms with Gasteiger partial charge in [0.15, 0.2) is 0 Å². The van der Waals surface area contributed by atoms with Crippen LogP contribution in [0.5, 0.6) is 0 Å². The first-order chi connectivity index (χ1) is 17.2. The van der Waals surface area contributed by atoms with E-state index >= 15 is 0 Å². The van der Waals surface area contributed by atoms with Crippen LogP contribution < -0.4 is 19.8 Å². The quantitative estimate of drug-likeness (QED) is 0.143. The molecule has 2 aromatic heterocycles. The molecule has 180 valence electrons. The summed E-state index contributed by atoms with van der Waals surface area (Å²) >= 11 is 3.11. The topological polar surface area (TPSA) is 90.5 Å². The third-order valence-corrected chi connectivity index (χ3v) is 6.58. The lowest BCUT2D eigenvalue weighted by Gasteiger charge is -2.09. The van der Waals surface area contributed by atoms with E-state index in [0.717, 1.165) is 46.1 Å². The first kappa shape index (κ1) is 24.6. The summed E-state index contributed by atoms with van der Waals surface area (Å²) in [4.78, 5) is 0. The van der Waals surface area contributed by atoms with Gasteiger partial charge in [0.25, 0.3) is 0 Å². The Morgan fingerprint density at radius 1 is 0.657 bits per heavy atom. The van der Waals surface area contributed by atoms with Crippen LogP contribution in [0.2, 0.25) is 0 Å². The first-order valence-electron chi connectivity index (χ1n) is 11.1. The number of anilines is 2. The van der Waals surface area contributed by atoms with Crippen LogP contribution in [0.4, 0.5) is 33.0 Å². The fraction of sp³-hybridized carbons (Fsp3) is 0.250. The van der Waals surface area contributed by atoms with Gasteiger partial charge in [-0.3, -0.25) is 0 Å². The number of aromatic nitrogens is 2. The Balaban J connectivity index is 1.09. The van der Waals surface area contributed by atoms with Gasteiger partial charge in [0, 0.05) is 35.2 Å². The molecule has 0 unspecified atom stereocenters. The predicted molar refractivity (Wildman–Crippen MR) is 140 cm³/mol. The lowest BCUT2D eigenvalue weighted by atomic mass is 10.3. The minimum atomic E-state index is 0.623. The summed E-state index contributed by atoms with van der Waals surface area (Å²) in [6.07, 6.45) is 3.92. The molecule has 0 saturated heterocycles. The first-order valence-corrected chi connectivity index (χ1v) is 12.9. The van der Waals surface area contributed by atoms with Crippen molar-refractivity contribution >= 4 is 55.7 Å². The zero-order valence-electron chi connectivity index (χ0n) is 19.7. The van der Waals surface area contributed by atoms with Crippen molar-refractivity contribution in [3.63, 3.8) is 0 Å². The summed E-state index contributed by atoms with van der Waals surface area (Å²) in [7, 11) is 3.91. The van der Waals surface area contributed by atoms with Gasteiger partial charge in [-0.05, 0) is 81.4 Å². The summed E-state index contributed by atoms with van der Waals surface area (Å²) in [5.74, 6) is 0. The number of nitrogens with zero attached hydrogens (tertiary/aromatic N) is 6. The van der Waals surface area contributed by atoms with E-state index in [1.165, 1.54) is 0 Å². The van der Waals surface area contributed by atoms with E-state index in [4.69, 9.17) is 4.74 Å². The molecule has 0 radical (unpaired) electrons. The molecule has 0 amide bonds. The Bertz CT molecular complexity index is 1150. The fourth-order valence-corrected chi connectivity index (χ4v) is 4.34. The Morgan fingerprint density at radius 3 is 1.46 bits per heavy atom. The van der Waals surface area contributed by atoms with E-state index in [1.807, 2.05) is 94.9 Å². The van der Waals surface area contributed by atoms with Gasteiger partial charge in [-0.25, -0.2) is 9.13 Å². The summed E-state index contributed by atoms with van der Waals surface area (Å²) in [5.41, 5.74) is 3.69. The van der Waals surface area contributed by atoms with Crippen molar-refractivity contribution in [2.75, 3.05) is 36.9 Å². The van der Waals surface area contributed by atoms with Crippen LogP contribution in [0.25, 0.3) is 0 Å². The molecule has 2 heterocycles. The number of azo groups is 2. The molecule has 0 fully saturated rings. The Hall–Kier alpha value is -3.54. The molecule has 0 spiro atoms. The molecule has 9 nitrogen and oxygen atoms in total. The lowest BCUT2D eigenvalue weighted by molar-refractivity contribution is -0.654. The second-order valence-electron chi connectivity index (χ2n) is 7.55. The molecular formula is C24H28N8OS2+2. The highest BCUT2D eigenvalue weighted by Gasteiger charge is 2.08. The number of ether oxygens (including phenoxy) is 1. The third-order valence-electron chi connectivity index (χ3n) is 4.91. The number of hydrogen-bond acceptors (Lipinski definition) is 9. The van der Waals surface area contributed by atoms with Gasteiger partial charge in [-0.1, -0.05) is 0 Å². The van der Waals surface area contributed by atoms with Crippen molar-refractivity contribution in [3.05, 3.63) is 71.7 Å². The van der Waals surface area contributed by atoms with Crippen LogP contribution in [0.3, 0.4) is 0 Å². The summed E-state index contributed by atoms with van der Waals surface area (Å²) in [6, 6.07) is 15.8. The third kappa shape index (κ3) is 7.74. The number of rotatable bonds is 12.